The first-order valence-electron chi connectivity index (χ1n) is 14.5. The predicted molar refractivity (Wildman–Crippen MR) is 177 cm³/mol. The molecule has 11 heteroatoms. The quantitative estimate of drug-likeness (QED) is 0.0873. The van der Waals surface area contributed by atoms with E-state index in [1.54, 1.807) is 60.7 Å². The molecule has 1 aliphatic rings. The van der Waals surface area contributed by atoms with E-state index in [9.17, 15) is 29.3 Å². The van der Waals surface area contributed by atoms with Gasteiger partial charge in [-0.1, -0.05) is 62.4 Å². The molecule has 0 radical (unpaired) electrons. The predicted octanol–water partition coefficient (Wildman–Crippen LogP) is 6.55. The van der Waals surface area contributed by atoms with Crippen LogP contribution < -0.4 is 15.5 Å². The van der Waals surface area contributed by atoms with Crippen molar-refractivity contribution in [1.29, 1.82) is 0 Å². The van der Waals surface area contributed by atoms with E-state index in [4.69, 9.17) is 0 Å². The van der Waals surface area contributed by atoms with Gasteiger partial charge in [0.05, 0.1) is 15.9 Å². The molecule has 10 nitrogen and oxygen atoms in total. The van der Waals surface area contributed by atoms with Crippen LogP contribution in [0.1, 0.15) is 47.7 Å². The number of thioether (sulfide) groups is 1. The average Bonchev–Trinajstić information content (AvgIpc) is 3.33. The molecule has 0 aromatic heterocycles. The van der Waals surface area contributed by atoms with Gasteiger partial charge < -0.3 is 10.6 Å². The second kappa shape index (κ2) is 14.0. The number of hydrogen-bond donors (Lipinski definition) is 2. The highest BCUT2D eigenvalue weighted by atomic mass is 32.2. The second-order valence-electron chi connectivity index (χ2n) is 10.8. The number of anilines is 2. The molecule has 4 aromatic carbocycles. The normalized spacial score (nSPS) is 14.8. The van der Waals surface area contributed by atoms with Crippen molar-refractivity contribution in [2.75, 3.05) is 10.2 Å². The molecule has 0 aliphatic carbocycles. The molecule has 4 aromatic rings. The lowest BCUT2D eigenvalue weighted by atomic mass is 10.0. The summed E-state index contributed by atoms with van der Waals surface area (Å²) in [7, 11) is 0. The van der Waals surface area contributed by atoms with Gasteiger partial charge in [0.25, 0.3) is 17.5 Å². The van der Waals surface area contributed by atoms with Crippen molar-refractivity contribution in [2.24, 2.45) is 0 Å². The minimum absolute atomic E-state index is 0.0412. The van der Waals surface area contributed by atoms with Crippen LogP contribution in [0.2, 0.25) is 0 Å². The Bertz CT molecular complexity index is 1820. The molecule has 232 valence electrons. The van der Waals surface area contributed by atoms with Gasteiger partial charge in [0.15, 0.2) is 0 Å². The summed E-state index contributed by atoms with van der Waals surface area (Å²) in [6.07, 6.45) is 1.56. The van der Waals surface area contributed by atoms with E-state index in [2.05, 4.69) is 24.5 Å². The summed E-state index contributed by atoms with van der Waals surface area (Å²) in [6.45, 7) is 4.18. The second-order valence-corrected chi connectivity index (χ2v) is 12.1. The smallest absolute Gasteiger partial charge is 0.272 e. The summed E-state index contributed by atoms with van der Waals surface area (Å²) in [5.74, 6) is -1.49. The Morgan fingerprint density at radius 1 is 0.935 bits per heavy atom. The molecule has 1 heterocycles. The molecule has 5 rings (SSSR count). The topological polar surface area (TPSA) is 139 Å². The van der Waals surface area contributed by atoms with Gasteiger partial charge in [-0.2, -0.15) is 0 Å². The number of rotatable bonds is 10. The standard InChI is InChI=1S/C35H30N4O6S/c1-22(2)24-13-11-23(12-14-24)19-30(37-33(41)25-7-4-3-5-8-25)34(42)36-26-9-6-10-29(20-26)46-31-21-32(40)38(35(31)43)27-15-17-28(18-16-27)39(44)45/h3-20,22,31H,21H2,1-2H3,(H,36,42)(H,37,41)/b30-19-. The Morgan fingerprint density at radius 3 is 2.28 bits per heavy atom. The van der Waals surface area contributed by atoms with E-state index in [-0.39, 0.29) is 23.5 Å². The van der Waals surface area contributed by atoms with Gasteiger partial charge in [-0.05, 0) is 65.6 Å². The zero-order valence-corrected chi connectivity index (χ0v) is 25.8. The number of carbonyl (C=O) groups excluding carboxylic acids is 4. The molecule has 4 amide bonds. The monoisotopic (exact) mass is 634 g/mol. The zero-order valence-electron chi connectivity index (χ0n) is 25.0. The molecule has 0 spiro atoms. The molecule has 1 unspecified atom stereocenters. The number of amides is 4. The SMILES string of the molecule is CC(C)c1ccc(/C=C(\NC(=O)c2ccccc2)C(=O)Nc2cccc(SC3CC(=O)N(c4ccc([N+](=O)[O-])cc4)C3=O)c2)cc1. The van der Waals surface area contributed by atoms with E-state index >= 15 is 0 Å². The third-order valence-electron chi connectivity index (χ3n) is 7.24. The van der Waals surface area contributed by atoms with Gasteiger partial charge in [-0.25, -0.2) is 4.90 Å². The van der Waals surface area contributed by atoms with Crippen molar-refractivity contribution < 1.29 is 24.1 Å². The summed E-state index contributed by atoms with van der Waals surface area (Å²) in [4.78, 5) is 64.5. The Kier molecular flexibility index (Phi) is 9.73. The maximum Gasteiger partial charge on any atom is 0.272 e. The van der Waals surface area contributed by atoms with Crippen LogP contribution in [0, 0.1) is 10.1 Å². The third-order valence-corrected chi connectivity index (χ3v) is 8.42. The molecular formula is C35H30N4O6S. The summed E-state index contributed by atoms with van der Waals surface area (Å²) < 4.78 is 0. The van der Waals surface area contributed by atoms with Gasteiger partial charge in [0.2, 0.25) is 11.8 Å². The Hall–Kier alpha value is -5.55. The van der Waals surface area contributed by atoms with Gasteiger partial charge in [0, 0.05) is 34.7 Å². The van der Waals surface area contributed by atoms with Crippen molar-refractivity contribution in [2.45, 2.75) is 36.3 Å². The van der Waals surface area contributed by atoms with Gasteiger partial charge in [-0.15, -0.1) is 11.8 Å². The lowest BCUT2D eigenvalue weighted by molar-refractivity contribution is -0.384. The fourth-order valence-electron chi connectivity index (χ4n) is 4.79. The minimum Gasteiger partial charge on any atom is -0.321 e. The minimum atomic E-state index is -0.719. The fourth-order valence-corrected chi connectivity index (χ4v) is 5.90. The van der Waals surface area contributed by atoms with Crippen LogP contribution >= 0.6 is 11.8 Å². The molecule has 2 N–H and O–H groups in total. The van der Waals surface area contributed by atoms with E-state index in [0.717, 1.165) is 16.0 Å². The van der Waals surface area contributed by atoms with E-state index < -0.39 is 33.8 Å². The van der Waals surface area contributed by atoms with Crippen LogP contribution in [-0.4, -0.2) is 33.8 Å². The molecule has 1 saturated heterocycles. The molecule has 0 saturated carbocycles. The van der Waals surface area contributed by atoms with E-state index in [0.29, 0.717) is 22.1 Å². The number of benzene rings is 4. The highest BCUT2D eigenvalue weighted by molar-refractivity contribution is 8.00. The summed E-state index contributed by atoms with van der Waals surface area (Å²) in [5, 5.41) is 15.8. The number of nitro groups is 1. The largest absolute Gasteiger partial charge is 0.321 e. The first-order chi connectivity index (χ1) is 22.1. The number of non-ortho nitro benzene ring substituents is 1. The lowest BCUT2D eigenvalue weighted by Gasteiger charge is -2.15. The zero-order chi connectivity index (χ0) is 32.8. The summed E-state index contributed by atoms with van der Waals surface area (Å²) in [5.41, 5.74) is 2.86. The maximum absolute atomic E-state index is 13.5. The van der Waals surface area contributed by atoms with E-state index in [1.807, 2.05) is 24.3 Å². The van der Waals surface area contributed by atoms with Crippen LogP contribution in [-0.2, 0) is 14.4 Å². The Balaban J connectivity index is 1.32. The van der Waals surface area contributed by atoms with Crippen molar-refractivity contribution in [3.8, 4) is 0 Å². The van der Waals surface area contributed by atoms with Crippen molar-refractivity contribution in [3.63, 3.8) is 0 Å². The van der Waals surface area contributed by atoms with Crippen LogP contribution in [0.4, 0.5) is 17.1 Å². The van der Waals surface area contributed by atoms with Crippen LogP contribution in [0.3, 0.4) is 0 Å². The Labute approximate surface area is 269 Å². The molecule has 46 heavy (non-hydrogen) atoms. The first-order valence-corrected chi connectivity index (χ1v) is 15.3. The molecule has 0 bridgehead atoms. The maximum atomic E-state index is 13.5. The molecule has 1 atom stereocenters. The lowest BCUT2D eigenvalue weighted by Crippen LogP contribution is -2.31. The number of nitrogens with zero attached hydrogens (tertiary/aromatic N) is 2. The number of nitrogens with one attached hydrogen (secondary N) is 2. The summed E-state index contributed by atoms with van der Waals surface area (Å²) in [6, 6.07) is 28.4. The van der Waals surface area contributed by atoms with Crippen molar-refractivity contribution in [3.05, 3.63) is 136 Å². The van der Waals surface area contributed by atoms with Crippen LogP contribution in [0.25, 0.3) is 6.08 Å². The van der Waals surface area contributed by atoms with Gasteiger partial charge in [0.1, 0.15) is 5.70 Å². The van der Waals surface area contributed by atoms with Gasteiger partial charge in [-0.3, -0.25) is 29.3 Å². The third kappa shape index (κ3) is 7.56. The van der Waals surface area contributed by atoms with E-state index in [1.165, 1.54) is 36.0 Å². The fraction of sp³-hybridized carbons (Fsp3) is 0.143. The number of hydrogen-bond acceptors (Lipinski definition) is 7. The number of carbonyl (C=O) groups is 4. The Morgan fingerprint density at radius 2 is 1.63 bits per heavy atom. The van der Waals surface area contributed by atoms with Gasteiger partial charge >= 0.3 is 0 Å². The van der Waals surface area contributed by atoms with Crippen LogP contribution in [0.5, 0.6) is 0 Å². The molecule has 1 aliphatic heterocycles. The highest BCUT2D eigenvalue weighted by Gasteiger charge is 2.40. The van der Waals surface area contributed by atoms with Crippen molar-refractivity contribution >= 4 is 58.5 Å². The summed E-state index contributed by atoms with van der Waals surface area (Å²) >= 11 is 1.18. The molecular weight excluding hydrogens is 604 g/mol. The average molecular weight is 635 g/mol. The molecule has 1 fully saturated rings. The number of imide groups is 1. The first kappa shape index (κ1) is 31.9. The van der Waals surface area contributed by atoms with Crippen molar-refractivity contribution in [1.82, 2.24) is 5.32 Å². The number of nitro benzene ring substituents is 1. The highest BCUT2D eigenvalue weighted by Crippen LogP contribution is 2.35. The van der Waals surface area contributed by atoms with Crippen LogP contribution in [0.15, 0.2) is 114 Å².